The summed E-state index contributed by atoms with van der Waals surface area (Å²) in [6.07, 6.45) is 4.36. The van der Waals surface area contributed by atoms with Gasteiger partial charge in [-0.25, -0.2) is 4.98 Å². The van der Waals surface area contributed by atoms with Crippen LogP contribution in [0, 0.1) is 6.92 Å². The number of aryl methyl sites for hydroxylation is 1. The molecule has 0 saturated carbocycles. The smallest absolute Gasteiger partial charge is 0.223 e. The first kappa shape index (κ1) is 12.1. The first-order chi connectivity index (χ1) is 9.13. The fourth-order valence-electron chi connectivity index (χ4n) is 2.14. The minimum absolute atomic E-state index is 0.200. The van der Waals surface area contributed by atoms with E-state index in [9.17, 15) is 0 Å². The molecular formula is C12H13ClN6. The SMILES string of the molecule is Cc1cnc(CN2CCc3c(Cl)nc(N)nc32)cn1. The molecule has 0 atom stereocenters. The first-order valence-electron chi connectivity index (χ1n) is 5.98. The van der Waals surface area contributed by atoms with Crippen LogP contribution in [0.4, 0.5) is 11.8 Å². The Bertz CT molecular complexity index is 612. The van der Waals surface area contributed by atoms with E-state index < -0.39 is 0 Å². The summed E-state index contributed by atoms with van der Waals surface area (Å²) in [5, 5.41) is 0.444. The van der Waals surface area contributed by atoms with Crippen molar-refractivity contribution in [1.29, 1.82) is 0 Å². The van der Waals surface area contributed by atoms with E-state index in [-0.39, 0.29) is 5.95 Å². The van der Waals surface area contributed by atoms with Gasteiger partial charge in [0.15, 0.2) is 0 Å². The molecule has 0 amide bonds. The highest BCUT2D eigenvalue weighted by Crippen LogP contribution is 2.31. The number of nitrogens with zero attached hydrogens (tertiary/aromatic N) is 5. The molecule has 3 rings (SSSR count). The molecular weight excluding hydrogens is 264 g/mol. The Morgan fingerprint density at radius 1 is 1.32 bits per heavy atom. The van der Waals surface area contributed by atoms with E-state index in [2.05, 4.69) is 24.8 Å². The van der Waals surface area contributed by atoms with Gasteiger partial charge in [0.25, 0.3) is 0 Å². The van der Waals surface area contributed by atoms with Crippen LogP contribution < -0.4 is 10.6 Å². The van der Waals surface area contributed by atoms with Crippen LogP contribution >= 0.6 is 11.6 Å². The third kappa shape index (κ3) is 2.31. The van der Waals surface area contributed by atoms with Gasteiger partial charge in [0, 0.05) is 18.3 Å². The monoisotopic (exact) mass is 276 g/mol. The predicted molar refractivity (Wildman–Crippen MR) is 73.0 cm³/mol. The van der Waals surface area contributed by atoms with Gasteiger partial charge in [0.05, 0.1) is 24.1 Å². The lowest BCUT2D eigenvalue weighted by Crippen LogP contribution is -2.21. The van der Waals surface area contributed by atoms with E-state index in [4.69, 9.17) is 17.3 Å². The summed E-state index contributed by atoms with van der Waals surface area (Å²) in [6.45, 7) is 3.39. The molecule has 0 aromatic carbocycles. The quantitative estimate of drug-likeness (QED) is 0.835. The van der Waals surface area contributed by atoms with Crippen molar-refractivity contribution in [2.24, 2.45) is 0 Å². The second-order valence-corrected chi connectivity index (χ2v) is 4.85. The van der Waals surface area contributed by atoms with Gasteiger partial charge in [-0.15, -0.1) is 0 Å². The van der Waals surface area contributed by atoms with E-state index >= 15 is 0 Å². The zero-order chi connectivity index (χ0) is 13.4. The largest absolute Gasteiger partial charge is 0.368 e. The van der Waals surface area contributed by atoms with Crippen LogP contribution in [-0.2, 0) is 13.0 Å². The van der Waals surface area contributed by atoms with Crippen LogP contribution in [0.15, 0.2) is 12.4 Å². The average Bonchev–Trinajstić information content (AvgIpc) is 2.76. The Morgan fingerprint density at radius 2 is 2.16 bits per heavy atom. The standard InChI is InChI=1S/C12H13ClN6/c1-7-4-16-8(5-15-7)6-19-3-2-9-10(13)17-12(14)18-11(9)19/h4-5H,2-3,6H2,1H3,(H2,14,17,18). The molecule has 19 heavy (non-hydrogen) atoms. The predicted octanol–water partition coefficient (Wildman–Crippen LogP) is 1.37. The van der Waals surface area contributed by atoms with Crippen LogP contribution in [0.1, 0.15) is 17.0 Å². The molecule has 7 heteroatoms. The molecule has 0 fully saturated rings. The van der Waals surface area contributed by atoms with Gasteiger partial charge < -0.3 is 10.6 Å². The molecule has 0 bridgehead atoms. The molecule has 0 unspecified atom stereocenters. The van der Waals surface area contributed by atoms with Crippen LogP contribution in [0.5, 0.6) is 0 Å². The molecule has 0 aliphatic carbocycles. The highest BCUT2D eigenvalue weighted by Gasteiger charge is 2.25. The molecule has 0 saturated heterocycles. The lowest BCUT2D eigenvalue weighted by molar-refractivity contribution is 0.797. The molecule has 2 N–H and O–H groups in total. The summed E-state index contributed by atoms with van der Waals surface area (Å²) in [6, 6.07) is 0. The maximum Gasteiger partial charge on any atom is 0.223 e. The summed E-state index contributed by atoms with van der Waals surface area (Å²) in [5.74, 6) is 1.01. The maximum absolute atomic E-state index is 6.08. The third-order valence-electron chi connectivity index (χ3n) is 3.07. The molecule has 2 aromatic heterocycles. The van der Waals surface area contributed by atoms with Crippen LogP contribution in [0.2, 0.25) is 5.15 Å². The number of rotatable bonds is 2. The molecule has 1 aliphatic rings. The van der Waals surface area contributed by atoms with Crippen molar-refractivity contribution < 1.29 is 0 Å². The number of anilines is 2. The fraction of sp³-hybridized carbons (Fsp3) is 0.333. The summed E-state index contributed by atoms with van der Waals surface area (Å²) in [4.78, 5) is 18.9. The topological polar surface area (TPSA) is 80.8 Å². The van der Waals surface area contributed by atoms with Crippen LogP contribution in [0.3, 0.4) is 0 Å². The van der Waals surface area contributed by atoms with Crippen molar-refractivity contribution in [3.63, 3.8) is 0 Å². The summed E-state index contributed by atoms with van der Waals surface area (Å²) < 4.78 is 0. The number of hydrogen-bond donors (Lipinski definition) is 1. The van der Waals surface area contributed by atoms with Crippen molar-refractivity contribution in [2.75, 3.05) is 17.2 Å². The Balaban J connectivity index is 1.88. The van der Waals surface area contributed by atoms with Crippen molar-refractivity contribution in [1.82, 2.24) is 19.9 Å². The van der Waals surface area contributed by atoms with Crippen molar-refractivity contribution >= 4 is 23.4 Å². The Hall–Kier alpha value is -1.95. The zero-order valence-electron chi connectivity index (χ0n) is 10.5. The zero-order valence-corrected chi connectivity index (χ0v) is 11.2. The van der Waals surface area contributed by atoms with Gasteiger partial charge in [-0.3, -0.25) is 9.97 Å². The van der Waals surface area contributed by atoms with Crippen LogP contribution in [0.25, 0.3) is 0 Å². The normalized spacial score (nSPS) is 13.7. The highest BCUT2D eigenvalue weighted by molar-refractivity contribution is 6.30. The lowest BCUT2D eigenvalue weighted by Gasteiger charge is -2.17. The van der Waals surface area contributed by atoms with Crippen molar-refractivity contribution in [2.45, 2.75) is 19.9 Å². The second-order valence-electron chi connectivity index (χ2n) is 4.50. The first-order valence-corrected chi connectivity index (χ1v) is 6.35. The molecule has 6 nitrogen and oxygen atoms in total. The van der Waals surface area contributed by atoms with E-state index in [1.165, 1.54) is 0 Å². The van der Waals surface area contributed by atoms with E-state index in [1.807, 2.05) is 6.92 Å². The number of halogens is 1. The van der Waals surface area contributed by atoms with Gasteiger partial charge >= 0.3 is 0 Å². The molecule has 1 aliphatic heterocycles. The number of nitrogen functional groups attached to an aromatic ring is 1. The average molecular weight is 277 g/mol. The molecule has 2 aromatic rings. The van der Waals surface area contributed by atoms with Gasteiger partial charge in [-0.2, -0.15) is 4.98 Å². The van der Waals surface area contributed by atoms with Gasteiger partial charge in [0.1, 0.15) is 11.0 Å². The minimum Gasteiger partial charge on any atom is -0.368 e. The van der Waals surface area contributed by atoms with Gasteiger partial charge in [-0.1, -0.05) is 11.6 Å². The minimum atomic E-state index is 0.200. The van der Waals surface area contributed by atoms with Crippen LogP contribution in [-0.4, -0.2) is 26.5 Å². The van der Waals surface area contributed by atoms with E-state index in [0.717, 1.165) is 35.7 Å². The Morgan fingerprint density at radius 3 is 2.89 bits per heavy atom. The highest BCUT2D eigenvalue weighted by atomic mass is 35.5. The molecule has 3 heterocycles. The summed E-state index contributed by atoms with van der Waals surface area (Å²) in [5.41, 5.74) is 8.40. The number of fused-ring (bicyclic) bond motifs is 1. The van der Waals surface area contributed by atoms with Gasteiger partial charge in [0.2, 0.25) is 5.95 Å². The number of hydrogen-bond acceptors (Lipinski definition) is 6. The fourth-order valence-corrected chi connectivity index (χ4v) is 2.41. The molecule has 98 valence electrons. The Kier molecular flexibility index (Phi) is 2.94. The van der Waals surface area contributed by atoms with Crippen molar-refractivity contribution in [3.8, 4) is 0 Å². The number of aromatic nitrogens is 4. The third-order valence-corrected chi connectivity index (χ3v) is 3.38. The lowest BCUT2D eigenvalue weighted by atomic mass is 10.3. The van der Waals surface area contributed by atoms with Gasteiger partial charge in [-0.05, 0) is 13.3 Å². The number of nitrogens with two attached hydrogens (primary N) is 1. The second kappa shape index (κ2) is 4.62. The van der Waals surface area contributed by atoms with E-state index in [0.29, 0.717) is 11.7 Å². The molecule has 0 radical (unpaired) electrons. The van der Waals surface area contributed by atoms with E-state index in [1.54, 1.807) is 12.4 Å². The van der Waals surface area contributed by atoms with Crippen molar-refractivity contribution in [3.05, 3.63) is 34.5 Å². The summed E-state index contributed by atoms with van der Waals surface area (Å²) >= 11 is 6.08. The molecule has 0 spiro atoms. The summed E-state index contributed by atoms with van der Waals surface area (Å²) in [7, 11) is 0. The Labute approximate surface area is 115 Å². The maximum atomic E-state index is 6.08.